The summed E-state index contributed by atoms with van der Waals surface area (Å²) in [4.78, 5) is 0. The van der Waals surface area contributed by atoms with Crippen molar-refractivity contribution in [2.24, 2.45) is 0 Å². The smallest absolute Gasteiger partial charge is 0.0785 e. The van der Waals surface area contributed by atoms with Gasteiger partial charge in [-0.3, -0.25) is 0 Å². The molecule has 0 aliphatic carbocycles. The van der Waals surface area contributed by atoms with Crippen molar-refractivity contribution in [1.82, 2.24) is 5.32 Å². The van der Waals surface area contributed by atoms with Gasteiger partial charge in [0.25, 0.3) is 0 Å². The van der Waals surface area contributed by atoms with Gasteiger partial charge in [0.15, 0.2) is 0 Å². The molecule has 3 rings (SSSR count). The first-order valence-electron chi connectivity index (χ1n) is 5.06. The zero-order chi connectivity index (χ0) is 10.4. The van der Waals surface area contributed by atoms with Gasteiger partial charge in [-0.05, 0) is 17.7 Å². The van der Waals surface area contributed by atoms with Crippen LogP contribution in [0.2, 0.25) is 5.02 Å². The van der Waals surface area contributed by atoms with Crippen LogP contribution in [0.1, 0.15) is 17.0 Å². The molecule has 2 nitrogen and oxygen atoms in total. The summed E-state index contributed by atoms with van der Waals surface area (Å²) < 4.78 is 6.95. The van der Waals surface area contributed by atoms with E-state index in [9.17, 15) is 0 Å². The number of nitrogens with one attached hydrogen (secondary N) is 1. The highest BCUT2D eigenvalue weighted by Crippen LogP contribution is 2.40. The monoisotopic (exact) mass is 287 g/mol. The zero-order valence-corrected chi connectivity index (χ0v) is 10.4. The lowest BCUT2D eigenvalue weighted by Gasteiger charge is -2.29. The molecular formula is C11H11BrClNO. The van der Waals surface area contributed by atoms with Crippen molar-refractivity contribution in [1.29, 1.82) is 0 Å². The lowest BCUT2D eigenvalue weighted by Crippen LogP contribution is -2.27. The first-order chi connectivity index (χ1) is 7.27. The first-order valence-corrected chi connectivity index (χ1v) is 6.23. The summed E-state index contributed by atoms with van der Waals surface area (Å²) in [6.45, 7) is 2.57. The van der Waals surface area contributed by atoms with Gasteiger partial charge in [0, 0.05) is 34.1 Å². The molecule has 1 fully saturated rings. The van der Waals surface area contributed by atoms with Crippen molar-refractivity contribution in [2.75, 3.05) is 13.1 Å². The second-order valence-corrected chi connectivity index (χ2v) is 5.30. The predicted octanol–water partition coefficient (Wildman–Crippen LogP) is 2.69. The Hall–Kier alpha value is -0.0900. The Bertz CT molecular complexity index is 410. The van der Waals surface area contributed by atoms with Gasteiger partial charge in [-0.15, -0.1) is 0 Å². The number of halogens is 2. The fraction of sp³-hybridized carbons (Fsp3) is 0.455. The molecule has 1 N–H and O–H groups in total. The fourth-order valence-electron chi connectivity index (χ4n) is 2.47. The lowest BCUT2D eigenvalue weighted by molar-refractivity contribution is 0.0297. The molecule has 2 aliphatic rings. The Labute approximate surface area is 102 Å². The van der Waals surface area contributed by atoms with Gasteiger partial charge < -0.3 is 10.1 Å². The molecule has 80 valence electrons. The van der Waals surface area contributed by atoms with Gasteiger partial charge in [-0.1, -0.05) is 27.5 Å². The van der Waals surface area contributed by atoms with Gasteiger partial charge in [0.2, 0.25) is 0 Å². The molecule has 0 radical (unpaired) electrons. The Morgan fingerprint density at radius 1 is 1.40 bits per heavy atom. The molecule has 2 aliphatic heterocycles. The number of ether oxygens (including phenoxy) is 1. The minimum atomic E-state index is 0.312. The minimum Gasteiger partial charge on any atom is -0.371 e. The maximum absolute atomic E-state index is 6.18. The molecule has 1 aromatic rings. The topological polar surface area (TPSA) is 21.3 Å². The Kier molecular flexibility index (Phi) is 2.51. The van der Waals surface area contributed by atoms with Crippen LogP contribution in [0.15, 0.2) is 16.6 Å². The van der Waals surface area contributed by atoms with E-state index in [1.54, 1.807) is 0 Å². The summed E-state index contributed by atoms with van der Waals surface area (Å²) in [5.41, 5.74) is 2.49. The summed E-state index contributed by atoms with van der Waals surface area (Å²) in [6.07, 6.45) is 0.312. The summed E-state index contributed by atoms with van der Waals surface area (Å²) in [6, 6.07) is 3.96. The van der Waals surface area contributed by atoms with Crippen LogP contribution in [0.4, 0.5) is 0 Å². The summed E-state index contributed by atoms with van der Waals surface area (Å²) in [5, 5.41) is 4.18. The SMILES string of the molecule is Clc1ccc(Br)c2c1CO[C@H]1CNC[C@@H]21. The van der Waals surface area contributed by atoms with Gasteiger partial charge >= 0.3 is 0 Å². The molecule has 0 bridgehead atoms. The van der Waals surface area contributed by atoms with E-state index in [0.717, 1.165) is 28.1 Å². The van der Waals surface area contributed by atoms with E-state index in [0.29, 0.717) is 18.6 Å². The highest BCUT2D eigenvalue weighted by atomic mass is 79.9. The van der Waals surface area contributed by atoms with Crippen LogP contribution in [-0.4, -0.2) is 19.2 Å². The van der Waals surface area contributed by atoms with E-state index < -0.39 is 0 Å². The lowest BCUT2D eigenvalue weighted by atomic mass is 9.90. The predicted molar refractivity (Wildman–Crippen MR) is 63.3 cm³/mol. The van der Waals surface area contributed by atoms with Crippen molar-refractivity contribution >= 4 is 27.5 Å². The average molecular weight is 289 g/mol. The van der Waals surface area contributed by atoms with E-state index in [4.69, 9.17) is 16.3 Å². The van der Waals surface area contributed by atoms with E-state index in [1.807, 2.05) is 12.1 Å². The maximum Gasteiger partial charge on any atom is 0.0785 e. The van der Waals surface area contributed by atoms with Crippen LogP contribution in [-0.2, 0) is 11.3 Å². The van der Waals surface area contributed by atoms with E-state index in [1.165, 1.54) is 5.56 Å². The summed E-state index contributed by atoms with van der Waals surface area (Å²) >= 11 is 9.79. The van der Waals surface area contributed by atoms with Crippen molar-refractivity contribution in [3.63, 3.8) is 0 Å². The number of rotatable bonds is 0. The molecule has 0 unspecified atom stereocenters. The molecule has 0 saturated carbocycles. The van der Waals surface area contributed by atoms with Crippen molar-refractivity contribution in [3.8, 4) is 0 Å². The van der Waals surface area contributed by atoms with Crippen molar-refractivity contribution < 1.29 is 4.74 Å². The van der Waals surface area contributed by atoms with Crippen molar-refractivity contribution in [2.45, 2.75) is 18.6 Å². The summed E-state index contributed by atoms with van der Waals surface area (Å²) in [7, 11) is 0. The summed E-state index contributed by atoms with van der Waals surface area (Å²) in [5.74, 6) is 0.446. The van der Waals surface area contributed by atoms with Crippen LogP contribution in [0.3, 0.4) is 0 Å². The van der Waals surface area contributed by atoms with Crippen LogP contribution in [0.25, 0.3) is 0 Å². The largest absolute Gasteiger partial charge is 0.371 e. The normalized spacial score (nSPS) is 28.7. The Morgan fingerprint density at radius 2 is 2.27 bits per heavy atom. The number of hydrogen-bond acceptors (Lipinski definition) is 2. The van der Waals surface area contributed by atoms with Gasteiger partial charge in [0.05, 0.1) is 12.7 Å². The van der Waals surface area contributed by atoms with Crippen LogP contribution in [0.5, 0.6) is 0 Å². The molecule has 0 amide bonds. The Morgan fingerprint density at radius 3 is 3.13 bits per heavy atom. The molecule has 2 heterocycles. The molecule has 1 saturated heterocycles. The molecule has 4 heteroatoms. The highest BCUT2D eigenvalue weighted by Gasteiger charge is 2.36. The molecule has 0 aromatic heterocycles. The molecule has 1 aromatic carbocycles. The quantitative estimate of drug-likeness (QED) is 0.792. The molecule has 0 spiro atoms. The highest BCUT2D eigenvalue weighted by molar-refractivity contribution is 9.10. The van der Waals surface area contributed by atoms with Crippen LogP contribution >= 0.6 is 27.5 Å². The third kappa shape index (κ3) is 1.53. The van der Waals surface area contributed by atoms with Gasteiger partial charge in [-0.2, -0.15) is 0 Å². The van der Waals surface area contributed by atoms with Crippen molar-refractivity contribution in [3.05, 3.63) is 32.8 Å². The van der Waals surface area contributed by atoms with Crippen LogP contribution < -0.4 is 5.32 Å². The number of hydrogen-bond donors (Lipinski definition) is 1. The molecule has 2 atom stereocenters. The van der Waals surface area contributed by atoms with E-state index in [2.05, 4.69) is 21.2 Å². The van der Waals surface area contributed by atoms with Gasteiger partial charge in [0.1, 0.15) is 0 Å². The minimum absolute atomic E-state index is 0.312. The number of benzene rings is 1. The standard InChI is InChI=1S/C11H11BrClNO/c12-8-1-2-9(13)7-5-15-10-4-14-3-6(10)11(7)8/h1-2,6,10,14H,3-5H2/t6-,10+/m1/s1. The second-order valence-electron chi connectivity index (χ2n) is 4.04. The first kappa shape index (κ1) is 10.1. The zero-order valence-electron chi connectivity index (χ0n) is 8.09. The number of fused-ring (bicyclic) bond motifs is 3. The fourth-order valence-corrected chi connectivity index (χ4v) is 3.35. The maximum atomic E-state index is 6.18. The Balaban J connectivity index is 2.16. The second kappa shape index (κ2) is 3.74. The van der Waals surface area contributed by atoms with E-state index >= 15 is 0 Å². The average Bonchev–Trinajstić information content (AvgIpc) is 2.70. The molecule has 15 heavy (non-hydrogen) atoms. The third-order valence-electron chi connectivity index (χ3n) is 3.22. The third-order valence-corrected chi connectivity index (χ3v) is 4.26. The molecular weight excluding hydrogens is 277 g/mol. The van der Waals surface area contributed by atoms with Crippen LogP contribution in [0, 0.1) is 0 Å². The van der Waals surface area contributed by atoms with Gasteiger partial charge in [-0.25, -0.2) is 0 Å². The van der Waals surface area contributed by atoms with E-state index in [-0.39, 0.29) is 0 Å².